The van der Waals surface area contributed by atoms with E-state index in [0.717, 1.165) is 33.2 Å². The van der Waals surface area contributed by atoms with Gasteiger partial charge in [-0.05, 0) is 43.9 Å². The molecule has 0 radical (unpaired) electrons. The summed E-state index contributed by atoms with van der Waals surface area (Å²) in [5, 5.41) is 15.1. The molecule has 7 heteroatoms. The van der Waals surface area contributed by atoms with E-state index in [1.807, 2.05) is 50.2 Å². The van der Waals surface area contributed by atoms with Gasteiger partial charge >= 0.3 is 5.63 Å². The van der Waals surface area contributed by atoms with E-state index in [2.05, 4.69) is 5.32 Å². The van der Waals surface area contributed by atoms with Crippen molar-refractivity contribution in [3.05, 3.63) is 69.8 Å². The highest BCUT2D eigenvalue weighted by Gasteiger charge is 2.19. The fourth-order valence-corrected chi connectivity index (χ4v) is 4.19. The average molecular weight is 446 g/mol. The Kier molecular flexibility index (Phi) is 6.05. The van der Waals surface area contributed by atoms with Gasteiger partial charge in [-0.3, -0.25) is 4.79 Å². The zero-order chi connectivity index (χ0) is 23.7. The molecule has 0 aliphatic carbocycles. The van der Waals surface area contributed by atoms with Gasteiger partial charge in [-0.15, -0.1) is 0 Å². The Morgan fingerprint density at radius 2 is 1.73 bits per heavy atom. The maximum Gasteiger partial charge on any atom is 0.339 e. The van der Waals surface area contributed by atoms with Crippen molar-refractivity contribution < 1.29 is 23.5 Å². The Bertz CT molecular complexity index is 1410. The summed E-state index contributed by atoms with van der Waals surface area (Å²) in [6, 6.07) is 12.5. The number of hydrogen-bond acceptors (Lipinski definition) is 6. The van der Waals surface area contributed by atoms with Crippen LogP contribution in [-0.4, -0.2) is 17.9 Å². The number of carbonyl (C=O) groups is 2. The number of aryl methyl sites for hydroxylation is 2. The topological polar surface area (TPSA) is 113 Å². The number of hydrogen-bond donors (Lipinski definition) is 1. The van der Waals surface area contributed by atoms with Crippen molar-refractivity contribution in [3.8, 4) is 11.1 Å². The first-order chi connectivity index (χ1) is 15.8. The summed E-state index contributed by atoms with van der Waals surface area (Å²) in [7, 11) is 0. The minimum absolute atomic E-state index is 0.0385. The average Bonchev–Trinajstić information content (AvgIpc) is 3.11. The molecule has 1 atom stereocenters. The highest BCUT2D eigenvalue weighted by molar-refractivity contribution is 6.03. The molecule has 170 valence electrons. The van der Waals surface area contributed by atoms with Gasteiger partial charge < -0.3 is 24.1 Å². The van der Waals surface area contributed by atoms with Gasteiger partial charge in [-0.2, -0.15) is 0 Å². The van der Waals surface area contributed by atoms with E-state index in [1.54, 1.807) is 13.0 Å². The second-order valence-electron chi connectivity index (χ2n) is 8.08. The minimum atomic E-state index is -1.33. The second-order valence-corrected chi connectivity index (χ2v) is 8.08. The van der Waals surface area contributed by atoms with Crippen LogP contribution in [0, 0.1) is 13.8 Å². The molecule has 2 aromatic carbocycles. The molecule has 0 aliphatic rings. The largest absolute Gasteiger partial charge is 0.548 e. The third-order valence-corrected chi connectivity index (χ3v) is 5.96. The van der Waals surface area contributed by atoms with Crippen LogP contribution in [-0.2, 0) is 16.0 Å². The number of aliphatic carboxylic acids is 1. The van der Waals surface area contributed by atoms with Crippen molar-refractivity contribution in [2.75, 3.05) is 0 Å². The van der Waals surface area contributed by atoms with Crippen LogP contribution in [0.1, 0.15) is 36.7 Å². The molecule has 0 bridgehead atoms. The summed E-state index contributed by atoms with van der Waals surface area (Å²) >= 11 is 0. The number of nitrogens with one attached hydrogen (secondary N) is 1. The van der Waals surface area contributed by atoms with E-state index < -0.39 is 23.5 Å². The lowest BCUT2D eigenvalue weighted by molar-refractivity contribution is -0.308. The lowest BCUT2D eigenvalue weighted by Gasteiger charge is -2.17. The van der Waals surface area contributed by atoms with Gasteiger partial charge in [0.2, 0.25) is 5.91 Å². The number of carboxylic acid groups (broad SMARTS) is 1. The summed E-state index contributed by atoms with van der Waals surface area (Å²) in [5.41, 5.74) is 3.63. The molecule has 1 amide bonds. The van der Waals surface area contributed by atoms with Gasteiger partial charge in [0.15, 0.2) is 0 Å². The molecule has 0 spiro atoms. The lowest BCUT2D eigenvalue weighted by Crippen LogP contribution is -2.47. The molecule has 0 fully saturated rings. The summed E-state index contributed by atoms with van der Waals surface area (Å²) in [6.45, 7) is 5.37. The standard InChI is InChI=1S/C26H25NO6/c1-4-20(25(29)30)27-23(28)11-10-17-14(2)18-12-19-22(13-21(18)33-26(17)31)32-15(3)24(19)16-8-6-5-7-9-16/h5-9,12-13,20H,4,10-11H2,1-3H3,(H,27,28)(H,29,30)/p-1/t20-/m0/s1. The molecule has 2 aromatic heterocycles. The normalized spacial score (nSPS) is 12.2. The summed E-state index contributed by atoms with van der Waals surface area (Å²) < 4.78 is 11.5. The van der Waals surface area contributed by atoms with E-state index in [9.17, 15) is 19.5 Å². The van der Waals surface area contributed by atoms with E-state index in [1.165, 1.54) is 0 Å². The van der Waals surface area contributed by atoms with Crippen LogP contribution in [0.15, 0.2) is 56.1 Å². The van der Waals surface area contributed by atoms with Crippen LogP contribution in [0.3, 0.4) is 0 Å². The molecule has 4 rings (SSSR count). The Morgan fingerprint density at radius 3 is 2.39 bits per heavy atom. The Labute approximate surface area is 190 Å². The number of furan rings is 1. The van der Waals surface area contributed by atoms with Crippen LogP contribution in [0.5, 0.6) is 0 Å². The van der Waals surface area contributed by atoms with Crippen molar-refractivity contribution in [2.24, 2.45) is 0 Å². The minimum Gasteiger partial charge on any atom is -0.548 e. The van der Waals surface area contributed by atoms with E-state index in [4.69, 9.17) is 8.83 Å². The SMILES string of the molecule is CC[C@H](NC(=O)CCc1c(C)c2cc3c(-c4ccccc4)c(C)oc3cc2oc1=O)C(=O)[O-]. The number of carbonyl (C=O) groups excluding carboxylic acids is 2. The van der Waals surface area contributed by atoms with Crippen molar-refractivity contribution in [1.29, 1.82) is 0 Å². The number of carboxylic acids is 1. The lowest BCUT2D eigenvalue weighted by atomic mass is 9.98. The molecule has 4 aromatic rings. The third-order valence-electron chi connectivity index (χ3n) is 5.96. The van der Waals surface area contributed by atoms with Crippen molar-refractivity contribution in [2.45, 2.75) is 46.1 Å². The smallest absolute Gasteiger partial charge is 0.339 e. The Morgan fingerprint density at radius 1 is 1.03 bits per heavy atom. The number of rotatable bonds is 7. The van der Waals surface area contributed by atoms with Crippen LogP contribution in [0.2, 0.25) is 0 Å². The van der Waals surface area contributed by atoms with Gasteiger partial charge in [0.05, 0.1) is 12.0 Å². The molecule has 0 saturated carbocycles. The van der Waals surface area contributed by atoms with Crippen molar-refractivity contribution in [1.82, 2.24) is 5.32 Å². The maximum absolute atomic E-state index is 12.6. The van der Waals surface area contributed by atoms with Gasteiger partial charge in [0.25, 0.3) is 0 Å². The van der Waals surface area contributed by atoms with Gasteiger partial charge in [0.1, 0.15) is 16.9 Å². The monoisotopic (exact) mass is 446 g/mol. The number of fused-ring (bicyclic) bond motifs is 2. The highest BCUT2D eigenvalue weighted by atomic mass is 16.4. The maximum atomic E-state index is 12.6. The Balaban J connectivity index is 1.72. The molecule has 33 heavy (non-hydrogen) atoms. The first kappa shape index (κ1) is 22.3. The quantitative estimate of drug-likeness (QED) is 0.436. The van der Waals surface area contributed by atoms with E-state index in [0.29, 0.717) is 16.7 Å². The predicted octanol–water partition coefficient (Wildman–Crippen LogP) is 3.40. The van der Waals surface area contributed by atoms with Gasteiger partial charge in [-0.25, -0.2) is 4.79 Å². The third kappa shape index (κ3) is 4.26. The number of benzene rings is 2. The first-order valence-electron chi connectivity index (χ1n) is 10.8. The van der Waals surface area contributed by atoms with Crippen LogP contribution < -0.4 is 16.0 Å². The van der Waals surface area contributed by atoms with E-state index >= 15 is 0 Å². The highest BCUT2D eigenvalue weighted by Crippen LogP contribution is 2.37. The van der Waals surface area contributed by atoms with Crippen molar-refractivity contribution in [3.63, 3.8) is 0 Å². The van der Waals surface area contributed by atoms with Crippen LogP contribution >= 0.6 is 0 Å². The summed E-state index contributed by atoms with van der Waals surface area (Å²) in [6.07, 6.45) is 0.311. The number of amides is 1. The molecule has 0 unspecified atom stereocenters. The second kappa shape index (κ2) is 8.94. The van der Waals surface area contributed by atoms with Gasteiger partial charge in [-0.1, -0.05) is 37.3 Å². The predicted molar refractivity (Wildman–Crippen MR) is 123 cm³/mol. The molecule has 2 heterocycles. The molecular weight excluding hydrogens is 422 g/mol. The fourth-order valence-electron chi connectivity index (χ4n) is 4.19. The molecule has 7 nitrogen and oxygen atoms in total. The van der Waals surface area contributed by atoms with Crippen LogP contribution in [0.4, 0.5) is 0 Å². The molecular formula is C26H24NO6-. The van der Waals surface area contributed by atoms with Crippen molar-refractivity contribution >= 4 is 33.8 Å². The van der Waals surface area contributed by atoms with E-state index in [-0.39, 0.29) is 19.3 Å². The summed E-state index contributed by atoms with van der Waals surface area (Å²) in [5.74, 6) is -1.03. The molecule has 0 saturated heterocycles. The molecule has 1 N–H and O–H groups in total. The molecule has 0 aliphatic heterocycles. The first-order valence-corrected chi connectivity index (χ1v) is 10.8. The van der Waals surface area contributed by atoms with Gasteiger partial charge in [0, 0.05) is 34.4 Å². The summed E-state index contributed by atoms with van der Waals surface area (Å²) in [4.78, 5) is 35.9. The Hall–Kier alpha value is -3.87. The zero-order valence-electron chi connectivity index (χ0n) is 18.7. The fraction of sp³-hybridized carbons (Fsp3) is 0.269. The van der Waals surface area contributed by atoms with Crippen LogP contribution in [0.25, 0.3) is 33.1 Å². The zero-order valence-corrected chi connectivity index (χ0v) is 18.7.